The fraction of sp³-hybridized carbons (Fsp3) is 0.0976. The van der Waals surface area contributed by atoms with Gasteiger partial charge in [0.1, 0.15) is 0 Å². The van der Waals surface area contributed by atoms with Gasteiger partial charge in [0.25, 0.3) is 0 Å². The molecule has 0 radical (unpaired) electrons. The summed E-state index contributed by atoms with van der Waals surface area (Å²) in [5.74, 6) is 0.0571. The van der Waals surface area contributed by atoms with Crippen molar-refractivity contribution in [3.63, 3.8) is 0 Å². The highest BCUT2D eigenvalue weighted by Gasteiger charge is 2.18. The highest BCUT2D eigenvalue weighted by Crippen LogP contribution is 2.36. The molecular weight excluding hydrogens is 558 g/mol. The molecule has 0 aromatic heterocycles. The molecule has 214 valence electrons. The lowest BCUT2D eigenvalue weighted by molar-refractivity contribution is 0.103. The number of halogens is 1. The van der Waals surface area contributed by atoms with Crippen LogP contribution in [0.1, 0.15) is 38.2 Å². The van der Waals surface area contributed by atoms with Crippen molar-refractivity contribution < 1.29 is 4.79 Å². The lowest BCUT2D eigenvalue weighted by Gasteiger charge is -2.25. The van der Waals surface area contributed by atoms with Crippen LogP contribution in [0.3, 0.4) is 0 Å². The molecule has 0 aliphatic heterocycles. The number of carbonyl (C=O) groups is 1. The molecule has 0 saturated carbocycles. The summed E-state index contributed by atoms with van der Waals surface area (Å²) in [6.07, 6.45) is 3.42. The second kappa shape index (κ2) is 12.4. The van der Waals surface area contributed by atoms with Crippen molar-refractivity contribution in [1.82, 2.24) is 0 Å². The number of ketones is 1. The fourth-order valence-corrected chi connectivity index (χ4v) is 6.31. The van der Waals surface area contributed by atoms with Gasteiger partial charge in [-0.15, -0.1) is 0 Å². The van der Waals surface area contributed by atoms with Crippen LogP contribution in [0.5, 0.6) is 0 Å². The van der Waals surface area contributed by atoms with Gasteiger partial charge in [-0.3, -0.25) is 4.79 Å². The van der Waals surface area contributed by atoms with Crippen LogP contribution in [0.15, 0.2) is 146 Å². The van der Waals surface area contributed by atoms with Crippen molar-refractivity contribution in [3.05, 3.63) is 184 Å². The second-order valence-corrected chi connectivity index (χ2v) is 11.8. The highest BCUT2D eigenvalue weighted by molar-refractivity contribution is 6.30. The highest BCUT2D eigenvalue weighted by atomic mass is 35.5. The first-order chi connectivity index (χ1) is 21.6. The molecule has 0 fully saturated rings. The summed E-state index contributed by atoms with van der Waals surface area (Å²) in [6, 6.07) is 50.5. The van der Waals surface area contributed by atoms with Crippen molar-refractivity contribution >= 4 is 34.4 Å². The average molecular weight is 590 g/mol. The van der Waals surface area contributed by atoms with Gasteiger partial charge in [-0.2, -0.15) is 0 Å². The van der Waals surface area contributed by atoms with E-state index < -0.39 is 0 Å². The van der Waals surface area contributed by atoms with E-state index in [1.54, 1.807) is 12.1 Å². The zero-order valence-corrected chi connectivity index (χ0v) is 25.2. The minimum atomic E-state index is 0.0571. The first kappa shape index (κ1) is 27.9. The molecule has 0 spiro atoms. The third kappa shape index (κ3) is 5.82. The van der Waals surface area contributed by atoms with Crippen LogP contribution >= 0.6 is 11.6 Å². The Labute approximate surface area is 264 Å². The lowest BCUT2D eigenvalue weighted by atomic mass is 9.87. The molecular formula is C41H32ClNO. The summed E-state index contributed by atoms with van der Waals surface area (Å²) in [5.41, 5.74) is 12.2. The van der Waals surface area contributed by atoms with Crippen molar-refractivity contribution in [2.75, 3.05) is 4.90 Å². The Morgan fingerprint density at radius 3 is 1.70 bits per heavy atom. The van der Waals surface area contributed by atoms with Crippen LogP contribution in [-0.2, 0) is 25.7 Å². The quantitative estimate of drug-likeness (QED) is 0.180. The van der Waals surface area contributed by atoms with Crippen LogP contribution in [-0.4, -0.2) is 5.78 Å². The van der Waals surface area contributed by atoms with E-state index in [0.717, 1.165) is 53.9 Å². The molecule has 2 nitrogen and oxygen atoms in total. The van der Waals surface area contributed by atoms with E-state index in [4.69, 9.17) is 11.6 Å². The predicted octanol–water partition coefficient (Wildman–Crippen LogP) is 10.6. The van der Waals surface area contributed by atoms with E-state index in [9.17, 15) is 4.79 Å². The van der Waals surface area contributed by atoms with Crippen LogP contribution in [0.2, 0.25) is 5.02 Å². The summed E-state index contributed by atoms with van der Waals surface area (Å²) < 4.78 is 0. The van der Waals surface area contributed by atoms with Gasteiger partial charge in [0.2, 0.25) is 0 Å². The normalized spacial score (nSPS) is 12.4. The van der Waals surface area contributed by atoms with Gasteiger partial charge in [0.05, 0.1) is 0 Å². The Morgan fingerprint density at radius 1 is 0.523 bits per heavy atom. The maximum atomic E-state index is 13.6. The fourth-order valence-electron chi connectivity index (χ4n) is 6.18. The molecule has 4 aliphatic rings. The Morgan fingerprint density at radius 2 is 1.07 bits per heavy atom. The number of carbonyl (C=O) groups excluding carboxylic acids is 1. The Hall–Kier alpha value is -4.92. The van der Waals surface area contributed by atoms with E-state index in [-0.39, 0.29) is 5.78 Å². The molecule has 0 heterocycles. The molecule has 0 amide bonds. The minimum Gasteiger partial charge on any atom is -0.311 e. The topological polar surface area (TPSA) is 20.3 Å². The van der Waals surface area contributed by atoms with Crippen molar-refractivity contribution in [3.8, 4) is 11.1 Å². The Kier molecular flexibility index (Phi) is 7.83. The number of anilines is 3. The van der Waals surface area contributed by atoms with E-state index in [1.165, 1.54) is 27.8 Å². The van der Waals surface area contributed by atoms with Gasteiger partial charge in [0, 0.05) is 33.2 Å². The second-order valence-electron chi connectivity index (χ2n) is 11.4. The van der Waals surface area contributed by atoms with Gasteiger partial charge >= 0.3 is 0 Å². The number of aryl methyl sites for hydroxylation is 4. The van der Waals surface area contributed by atoms with E-state index >= 15 is 0 Å². The van der Waals surface area contributed by atoms with Gasteiger partial charge in [-0.05, 0) is 126 Å². The largest absolute Gasteiger partial charge is 0.311 e. The molecule has 10 rings (SSSR count). The summed E-state index contributed by atoms with van der Waals surface area (Å²) in [7, 11) is 0. The molecule has 4 aliphatic carbocycles. The zero-order valence-electron chi connectivity index (χ0n) is 24.4. The monoisotopic (exact) mass is 589 g/mol. The van der Waals surface area contributed by atoms with Crippen molar-refractivity contribution in [2.45, 2.75) is 25.7 Å². The minimum absolute atomic E-state index is 0.0571. The van der Waals surface area contributed by atoms with Crippen LogP contribution in [0, 0.1) is 0 Å². The third-order valence-corrected chi connectivity index (χ3v) is 8.78. The molecule has 4 bridgehead atoms. The first-order valence-electron chi connectivity index (χ1n) is 15.2. The standard InChI is InChI=1S/C41H32ClNO/c42-35-23-19-34(20-24-35)41(44)40-28-30-12-11-29-13-15-31(17-18-33(40)16-14-30)39(27-29)32-21-25-38(26-22-32)43(36-7-3-1-4-8-36)37-9-5-2-6-10-37/h1-10,13-16,19-28H,11-12,17-18H2. The number of rotatable bonds is 6. The van der Waals surface area contributed by atoms with E-state index in [1.807, 2.05) is 24.3 Å². The summed E-state index contributed by atoms with van der Waals surface area (Å²) >= 11 is 6.10. The third-order valence-electron chi connectivity index (χ3n) is 8.53. The number of benzene rings is 6. The molecule has 6 aromatic rings. The average Bonchev–Trinajstić information content (AvgIpc) is 3.07. The van der Waals surface area contributed by atoms with Crippen molar-refractivity contribution in [2.24, 2.45) is 0 Å². The maximum Gasteiger partial charge on any atom is 0.193 e. The van der Waals surface area contributed by atoms with Gasteiger partial charge < -0.3 is 4.90 Å². The molecule has 0 atom stereocenters. The summed E-state index contributed by atoms with van der Waals surface area (Å²) in [6.45, 7) is 0. The van der Waals surface area contributed by atoms with Crippen molar-refractivity contribution in [1.29, 1.82) is 0 Å². The predicted molar refractivity (Wildman–Crippen MR) is 183 cm³/mol. The van der Waals surface area contributed by atoms with Crippen LogP contribution in [0.4, 0.5) is 17.1 Å². The van der Waals surface area contributed by atoms with Crippen LogP contribution in [0.25, 0.3) is 11.1 Å². The Balaban J connectivity index is 1.22. The van der Waals surface area contributed by atoms with Gasteiger partial charge in [0.15, 0.2) is 5.78 Å². The number of nitrogens with zero attached hydrogens (tertiary/aromatic N) is 1. The van der Waals surface area contributed by atoms with E-state index in [2.05, 4.69) is 114 Å². The van der Waals surface area contributed by atoms with Crippen LogP contribution < -0.4 is 4.90 Å². The summed E-state index contributed by atoms with van der Waals surface area (Å²) in [4.78, 5) is 15.9. The first-order valence-corrected chi connectivity index (χ1v) is 15.5. The number of hydrogen-bond donors (Lipinski definition) is 0. The van der Waals surface area contributed by atoms with Gasteiger partial charge in [-0.25, -0.2) is 0 Å². The zero-order chi connectivity index (χ0) is 29.9. The molecule has 3 heteroatoms. The molecule has 44 heavy (non-hydrogen) atoms. The molecule has 6 aromatic carbocycles. The smallest absolute Gasteiger partial charge is 0.193 e. The van der Waals surface area contributed by atoms with Gasteiger partial charge in [-0.1, -0.05) is 90.5 Å². The lowest BCUT2D eigenvalue weighted by Crippen LogP contribution is -2.10. The number of para-hydroxylation sites is 2. The summed E-state index contributed by atoms with van der Waals surface area (Å²) in [5, 5.41) is 0.633. The SMILES string of the molecule is O=C(c1ccc(Cl)cc1)c1cc2ccc1CCc1ccc(cc1-c1ccc(N(c3ccccc3)c3ccccc3)cc1)CC2. The molecule has 0 N–H and O–H groups in total. The number of hydrogen-bond acceptors (Lipinski definition) is 2. The molecule has 0 saturated heterocycles. The molecule has 0 unspecified atom stereocenters. The van der Waals surface area contributed by atoms with E-state index in [0.29, 0.717) is 10.6 Å². The maximum absolute atomic E-state index is 13.6. The Bertz CT molecular complexity index is 1870.